The third-order valence-corrected chi connectivity index (χ3v) is 6.04. The molecular formula is C22H20ClFNO3+. The van der Waals surface area contributed by atoms with Crippen molar-refractivity contribution in [2.45, 2.75) is 38.8 Å². The van der Waals surface area contributed by atoms with Gasteiger partial charge in [0, 0.05) is 16.5 Å². The molecule has 2 heterocycles. The van der Waals surface area contributed by atoms with E-state index in [4.69, 9.17) is 20.8 Å². The SMILES string of the molecule is O=c1oc2c3c(c(Cl)cc2c2c1CCCC2)OC[NH+](Cc1ccccc1F)C3. The predicted molar refractivity (Wildman–Crippen MR) is 104 cm³/mol. The highest BCUT2D eigenvalue weighted by molar-refractivity contribution is 6.33. The number of halogens is 2. The Balaban J connectivity index is 1.60. The molecule has 0 amide bonds. The van der Waals surface area contributed by atoms with Gasteiger partial charge in [-0.3, -0.25) is 4.90 Å². The molecule has 2 aromatic carbocycles. The molecule has 0 spiro atoms. The fourth-order valence-corrected chi connectivity index (χ4v) is 4.68. The lowest BCUT2D eigenvalue weighted by Crippen LogP contribution is -3.11. The third kappa shape index (κ3) is 2.90. The van der Waals surface area contributed by atoms with Crippen molar-refractivity contribution in [3.8, 4) is 5.75 Å². The summed E-state index contributed by atoms with van der Waals surface area (Å²) >= 11 is 6.52. The third-order valence-electron chi connectivity index (χ3n) is 5.76. The Bertz CT molecular complexity index is 1140. The summed E-state index contributed by atoms with van der Waals surface area (Å²) in [5, 5.41) is 1.45. The van der Waals surface area contributed by atoms with Gasteiger partial charge in [-0.1, -0.05) is 29.8 Å². The summed E-state index contributed by atoms with van der Waals surface area (Å²) in [5.74, 6) is 0.350. The Hall–Kier alpha value is -2.37. The average molecular weight is 401 g/mol. The molecule has 0 saturated carbocycles. The van der Waals surface area contributed by atoms with Crippen LogP contribution < -0.4 is 15.3 Å². The molecule has 3 aromatic rings. The van der Waals surface area contributed by atoms with Crippen molar-refractivity contribution in [1.82, 2.24) is 0 Å². The molecule has 6 heteroatoms. The number of nitrogens with one attached hydrogen (secondary N) is 1. The molecule has 1 N–H and O–H groups in total. The second kappa shape index (κ2) is 6.90. The Kier molecular flexibility index (Phi) is 4.37. The van der Waals surface area contributed by atoms with Crippen LogP contribution in [-0.4, -0.2) is 6.73 Å². The summed E-state index contributed by atoms with van der Waals surface area (Å²) in [4.78, 5) is 13.6. The van der Waals surface area contributed by atoms with Crippen LogP contribution in [0.15, 0.2) is 39.5 Å². The second-order valence-corrected chi connectivity index (χ2v) is 7.99. The molecule has 0 radical (unpaired) electrons. The van der Waals surface area contributed by atoms with Crippen LogP contribution in [0, 0.1) is 5.82 Å². The lowest BCUT2D eigenvalue weighted by atomic mass is 9.90. The van der Waals surface area contributed by atoms with Crippen molar-refractivity contribution >= 4 is 22.6 Å². The van der Waals surface area contributed by atoms with E-state index in [1.807, 2.05) is 12.1 Å². The number of ether oxygens (including phenoxy) is 1. The minimum absolute atomic E-state index is 0.225. The number of fused-ring (bicyclic) bond motifs is 5. The quantitative estimate of drug-likeness (QED) is 0.670. The summed E-state index contributed by atoms with van der Waals surface area (Å²) in [6.45, 7) is 1.42. The monoisotopic (exact) mass is 400 g/mol. The molecule has 1 atom stereocenters. The molecule has 0 fully saturated rings. The number of benzene rings is 2. The van der Waals surface area contributed by atoms with Gasteiger partial charge in [-0.2, -0.15) is 0 Å². The van der Waals surface area contributed by atoms with E-state index in [1.54, 1.807) is 12.1 Å². The van der Waals surface area contributed by atoms with Crippen LogP contribution in [0.3, 0.4) is 0 Å². The van der Waals surface area contributed by atoms with Crippen LogP contribution in [0.25, 0.3) is 11.0 Å². The molecular weight excluding hydrogens is 381 g/mol. The lowest BCUT2D eigenvalue weighted by molar-refractivity contribution is -0.945. The Morgan fingerprint density at radius 3 is 2.71 bits per heavy atom. The van der Waals surface area contributed by atoms with E-state index in [1.165, 1.54) is 6.07 Å². The van der Waals surface area contributed by atoms with Gasteiger partial charge in [-0.15, -0.1) is 0 Å². The standard InChI is InChI=1S/C22H19ClFNO3/c23-18-9-16-14-6-2-3-7-15(14)22(26)28-20(16)17-11-25(12-27-21(17)18)10-13-5-1-4-8-19(13)24/h1,4-5,8-9H,2-3,6-7,10-12H2/p+1. The highest BCUT2D eigenvalue weighted by Gasteiger charge is 2.29. The lowest BCUT2D eigenvalue weighted by Gasteiger charge is -2.28. The Morgan fingerprint density at radius 1 is 1.11 bits per heavy atom. The number of aryl methyl sites for hydroxylation is 1. The first-order chi connectivity index (χ1) is 13.6. The number of hydrogen-bond acceptors (Lipinski definition) is 3. The van der Waals surface area contributed by atoms with Crippen molar-refractivity contribution in [1.29, 1.82) is 0 Å². The molecule has 144 valence electrons. The summed E-state index contributed by atoms with van der Waals surface area (Å²) in [5.41, 5.74) is 3.58. The minimum Gasteiger partial charge on any atom is -0.443 e. The van der Waals surface area contributed by atoms with Crippen LogP contribution in [-0.2, 0) is 25.9 Å². The van der Waals surface area contributed by atoms with E-state index in [2.05, 4.69) is 0 Å². The van der Waals surface area contributed by atoms with E-state index in [0.29, 0.717) is 41.7 Å². The Morgan fingerprint density at radius 2 is 1.89 bits per heavy atom. The smallest absolute Gasteiger partial charge is 0.339 e. The van der Waals surface area contributed by atoms with Crippen molar-refractivity contribution < 1.29 is 18.4 Å². The summed E-state index contributed by atoms with van der Waals surface area (Å²) in [6.07, 6.45) is 3.68. The van der Waals surface area contributed by atoms with Gasteiger partial charge < -0.3 is 9.15 Å². The molecule has 0 saturated heterocycles. The van der Waals surface area contributed by atoms with Gasteiger partial charge in [0.05, 0.1) is 10.6 Å². The topological polar surface area (TPSA) is 43.9 Å². The highest BCUT2D eigenvalue weighted by atomic mass is 35.5. The normalized spacial score (nSPS) is 18.4. The summed E-state index contributed by atoms with van der Waals surface area (Å²) in [7, 11) is 0. The van der Waals surface area contributed by atoms with E-state index < -0.39 is 0 Å². The van der Waals surface area contributed by atoms with E-state index in [9.17, 15) is 9.18 Å². The van der Waals surface area contributed by atoms with Gasteiger partial charge in [-0.25, -0.2) is 9.18 Å². The van der Waals surface area contributed by atoms with Gasteiger partial charge in [-0.05, 0) is 43.4 Å². The zero-order valence-electron chi connectivity index (χ0n) is 15.3. The largest absolute Gasteiger partial charge is 0.443 e. The number of quaternary nitrogens is 1. The van der Waals surface area contributed by atoms with Crippen molar-refractivity contribution in [3.05, 3.63) is 73.8 Å². The van der Waals surface area contributed by atoms with Gasteiger partial charge in [0.1, 0.15) is 18.9 Å². The number of rotatable bonds is 2. The molecule has 4 nitrogen and oxygen atoms in total. The maximum Gasteiger partial charge on any atom is 0.339 e. The van der Waals surface area contributed by atoms with Gasteiger partial charge >= 0.3 is 5.63 Å². The van der Waals surface area contributed by atoms with Crippen molar-refractivity contribution in [2.75, 3.05) is 6.73 Å². The zero-order valence-corrected chi connectivity index (χ0v) is 16.1. The maximum absolute atomic E-state index is 14.1. The van der Waals surface area contributed by atoms with E-state index in [0.717, 1.165) is 52.7 Å². The fourth-order valence-electron chi connectivity index (χ4n) is 4.41. The van der Waals surface area contributed by atoms with E-state index in [-0.39, 0.29) is 11.4 Å². The molecule has 5 rings (SSSR count). The van der Waals surface area contributed by atoms with Crippen LogP contribution in [0.1, 0.15) is 35.1 Å². The first-order valence-corrected chi connectivity index (χ1v) is 9.99. The zero-order chi connectivity index (χ0) is 19.3. The maximum atomic E-state index is 14.1. The van der Waals surface area contributed by atoms with Crippen LogP contribution >= 0.6 is 11.6 Å². The minimum atomic E-state index is -0.257. The fraction of sp³-hybridized carbons (Fsp3) is 0.318. The molecule has 0 bridgehead atoms. The summed E-state index contributed by atoms with van der Waals surface area (Å²) < 4.78 is 25.7. The molecule has 1 aromatic heterocycles. The van der Waals surface area contributed by atoms with E-state index >= 15 is 0 Å². The molecule has 2 aliphatic rings. The second-order valence-electron chi connectivity index (χ2n) is 7.58. The van der Waals surface area contributed by atoms with Crippen molar-refractivity contribution in [2.24, 2.45) is 0 Å². The first kappa shape index (κ1) is 17.7. The molecule has 1 aliphatic carbocycles. The number of hydrogen-bond donors (Lipinski definition) is 1. The van der Waals surface area contributed by atoms with Crippen LogP contribution in [0.4, 0.5) is 4.39 Å². The molecule has 28 heavy (non-hydrogen) atoms. The van der Waals surface area contributed by atoms with Crippen LogP contribution in [0.5, 0.6) is 5.75 Å². The summed E-state index contributed by atoms with van der Waals surface area (Å²) in [6, 6.07) is 8.62. The van der Waals surface area contributed by atoms with Gasteiger partial charge in [0.25, 0.3) is 0 Å². The Labute approximate surface area is 166 Å². The van der Waals surface area contributed by atoms with Crippen LogP contribution in [0.2, 0.25) is 5.02 Å². The van der Waals surface area contributed by atoms with Gasteiger partial charge in [0.2, 0.25) is 6.73 Å². The average Bonchev–Trinajstić information content (AvgIpc) is 2.71. The first-order valence-electron chi connectivity index (χ1n) is 9.61. The highest BCUT2D eigenvalue weighted by Crippen LogP contribution is 2.38. The molecule has 1 aliphatic heterocycles. The molecule has 1 unspecified atom stereocenters. The van der Waals surface area contributed by atoms with Crippen molar-refractivity contribution in [3.63, 3.8) is 0 Å². The van der Waals surface area contributed by atoms with Gasteiger partial charge in [0.15, 0.2) is 11.3 Å². The predicted octanol–water partition coefficient (Wildman–Crippen LogP) is 3.40.